The van der Waals surface area contributed by atoms with Gasteiger partial charge in [0, 0.05) is 18.7 Å². The van der Waals surface area contributed by atoms with Crippen LogP contribution in [0, 0.1) is 28.7 Å². The van der Waals surface area contributed by atoms with Crippen LogP contribution in [0.1, 0.15) is 42.6 Å². The molecule has 2 rings (SSSR count). The van der Waals surface area contributed by atoms with Gasteiger partial charge in [-0.2, -0.15) is 4.39 Å². The van der Waals surface area contributed by atoms with Gasteiger partial charge >= 0.3 is 5.69 Å². The number of benzene rings is 1. The Bertz CT molecular complexity index is 661. The fraction of sp³-hybridized carbons (Fsp3) is 0.533. The van der Waals surface area contributed by atoms with Gasteiger partial charge in [0.2, 0.25) is 5.82 Å². The molecule has 8 heteroatoms. The van der Waals surface area contributed by atoms with Gasteiger partial charge in [-0.15, -0.1) is 0 Å². The summed E-state index contributed by atoms with van der Waals surface area (Å²) in [6.07, 6.45) is 0.988. The number of hydrogen-bond acceptors (Lipinski definition) is 4. The molecule has 0 saturated carbocycles. The van der Waals surface area contributed by atoms with Gasteiger partial charge in [-0.3, -0.25) is 14.9 Å². The molecule has 6 nitrogen and oxygen atoms in total. The summed E-state index contributed by atoms with van der Waals surface area (Å²) in [6, 6.07) is 0.462. The SMILES string of the molecule is Cc1cc([N+](=O)[O-])c(F)c(C(=O)N[C@H]2CCOC(C)(C)C2)c1F. The zero-order valence-electron chi connectivity index (χ0n) is 13.1. The summed E-state index contributed by atoms with van der Waals surface area (Å²) in [6.45, 7) is 5.36. The number of hydrogen-bond donors (Lipinski definition) is 1. The van der Waals surface area contributed by atoms with E-state index in [1.165, 1.54) is 6.92 Å². The monoisotopic (exact) mass is 328 g/mol. The molecule has 23 heavy (non-hydrogen) atoms. The lowest BCUT2D eigenvalue weighted by atomic mass is 9.93. The van der Waals surface area contributed by atoms with Crippen LogP contribution in [0.3, 0.4) is 0 Å². The molecule has 1 aromatic rings. The molecule has 0 spiro atoms. The normalized spacial score (nSPS) is 20.1. The van der Waals surface area contributed by atoms with Crippen molar-refractivity contribution in [3.8, 4) is 0 Å². The maximum atomic E-state index is 14.2. The van der Waals surface area contributed by atoms with Crippen LogP contribution in [0.2, 0.25) is 0 Å². The number of nitro benzene ring substituents is 1. The first-order valence-corrected chi connectivity index (χ1v) is 7.20. The Labute approximate surface area is 132 Å². The molecule has 0 aliphatic carbocycles. The number of nitro groups is 1. The second kappa shape index (κ2) is 6.19. The van der Waals surface area contributed by atoms with Crippen LogP contribution in [0.4, 0.5) is 14.5 Å². The number of nitrogens with zero attached hydrogens (tertiary/aromatic N) is 1. The highest BCUT2D eigenvalue weighted by molar-refractivity contribution is 5.96. The molecule has 1 amide bonds. The molecule has 1 saturated heterocycles. The Morgan fingerprint density at radius 3 is 2.65 bits per heavy atom. The van der Waals surface area contributed by atoms with Crippen molar-refractivity contribution in [2.75, 3.05) is 6.61 Å². The molecule has 126 valence electrons. The molecular formula is C15H18F2N2O4. The average molecular weight is 328 g/mol. The topological polar surface area (TPSA) is 81.5 Å². The first kappa shape index (κ1) is 17.3. The van der Waals surface area contributed by atoms with Crippen LogP contribution in [0.5, 0.6) is 0 Å². The number of carbonyl (C=O) groups excluding carboxylic acids is 1. The summed E-state index contributed by atoms with van der Waals surface area (Å²) < 4.78 is 33.8. The second-order valence-corrected chi connectivity index (χ2v) is 6.24. The minimum absolute atomic E-state index is 0.157. The smallest absolute Gasteiger partial charge is 0.306 e. The maximum Gasteiger partial charge on any atom is 0.306 e. The summed E-state index contributed by atoms with van der Waals surface area (Å²) in [4.78, 5) is 22.1. The Morgan fingerprint density at radius 1 is 1.43 bits per heavy atom. The van der Waals surface area contributed by atoms with Gasteiger partial charge in [0.15, 0.2) is 0 Å². The van der Waals surface area contributed by atoms with Crippen LogP contribution in [-0.4, -0.2) is 29.1 Å². The first-order valence-electron chi connectivity index (χ1n) is 7.20. The largest absolute Gasteiger partial charge is 0.375 e. The van der Waals surface area contributed by atoms with Crippen molar-refractivity contribution in [1.82, 2.24) is 5.32 Å². The van der Waals surface area contributed by atoms with E-state index in [0.717, 1.165) is 6.07 Å². The Hall–Kier alpha value is -2.09. The molecule has 1 aliphatic heterocycles. The standard InChI is InChI=1S/C15H18F2N2O4/c1-8-6-10(19(21)22)13(17)11(12(8)16)14(20)18-9-4-5-23-15(2,3)7-9/h6,9H,4-5,7H2,1-3H3,(H,18,20)/t9-/m0/s1. The van der Waals surface area contributed by atoms with Crippen LogP contribution in [0.25, 0.3) is 0 Å². The van der Waals surface area contributed by atoms with Crippen molar-refractivity contribution in [3.63, 3.8) is 0 Å². The summed E-state index contributed by atoms with van der Waals surface area (Å²) in [7, 11) is 0. The van der Waals surface area contributed by atoms with E-state index in [1.807, 2.05) is 13.8 Å². The molecule has 1 aliphatic rings. The first-order chi connectivity index (χ1) is 10.6. The van der Waals surface area contributed by atoms with E-state index in [2.05, 4.69) is 5.32 Å². The van der Waals surface area contributed by atoms with Crippen molar-refractivity contribution < 1.29 is 23.2 Å². The average Bonchev–Trinajstić information content (AvgIpc) is 2.41. The fourth-order valence-corrected chi connectivity index (χ4v) is 2.70. The van der Waals surface area contributed by atoms with Crippen molar-refractivity contribution in [1.29, 1.82) is 0 Å². The van der Waals surface area contributed by atoms with E-state index < -0.39 is 39.3 Å². The number of nitrogens with one attached hydrogen (secondary N) is 1. The van der Waals surface area contributed by atoms with Gasteiger partial charge in [-0.05, 0) is 39.2 Å². The van der Waals surface area contributed by atoms with E-state index in [1.54, 1.807) is 0 Å². The predicted octanol–water partition coefficient (Wildman–Crippen LogP) is 2.87. The van der Waals surface area contributed by atoms with Crippen LogP contribution in [0.15, 0.2) is 6.07 Å². The van der Waals surface area contributed by atoms with Crippen molar-refractivity contribution in [2.24, 2.45) is 0 Å². The lowest BCUT2D eigenvalue weighted by Gasteiger charge is -2.35. The summed E-state index contributed by atoms with van der Waals surface area (Å²) in [5.41, 5.74) is -2.44. The lowest BCUT2D eigenvalue weighted by molar-refractivity contribution is -0.387. The molecule has 1 heterocycles. The number of amides is 1. The minimum atomic E-state index is -1.46. The number of carbonyl (C=O) groups is 1. The van der Waals surface area contributed by atoms with Crippen LogP contribution in [-0.2, 0) is 4.74 Å². The molecular weight excluding hydrogens is 310 g/mol. The highest BCUT2D eigenvalue weighted by atomic mass is 19.1. The highest BCUT2D eigenvalue weighted by Gasteiger charge is 2.33. The van der Waals surface area contributed by atoms with Gasteiger partial charge in [0.25, 0.3) is 5.91 Å². The molecule has 0 unspecified atom stereocenters. The number of rotatable bonds is 3. The van der Waals surface area contributed by atoms with Gasteiger partial charge in [-0.1, -0.05) is 0 Å². The molecule has 1 N–H and O–H groups in total. The maximum absolute atomic E-state index is 14.2. The third-order valence-electron chi connectivity index (χ3n) is 3.82. The zero-order chi connectivity index (χ0) is 17.4. The number of ether oxygens (including phenoxy) is 1. The van der Waals surface area contributed by atoms with Crippen LogP contribution < -0.4 is 5.32 Å². The van der Waals surface area contributed by atoms with Crippen LogP contribution >= 0.6 is 0 Å². The zero-order valence-corrected chi connectivity index (χ0v) is 13.1. The van der Waals surface area contributed by atoms with Gasteiger partial charge < -0.3 is 10.1 Å². The van der Waals surface area contributed by atoms with E-state index >= 15 is 0 Å². The van der Waals surface area contributed by atoms with Crippen molar-refractivity contribution in [3.05, 3.63) is 38.9 Å². The molecule has 0 bridgehead atoms. The summed E-state index contributed by atoms with van der Waals surface area (Å²) >= 11 is 0. The van der Waals surface area contributed by atoms with E-state index in [4.69, 9.17) is 4.74 Å². The van der Waals surface area contributed by atoms with E-state index in [9.17, 15) is 23.7 Å². The fourth-order valence-electron chi connectivity index (χ4n) is 2.70. The van der Waals surface area contributed by atoms with Gasteiger partial charge in [0.1, 0.15) is 11.4 Å². The Morgan fingerprint density at radius 2 is 2.09 bits per heavy atom. The van der Waals surface area contributed by atoms with Gasteiger partial charge in [0.05, 0.1) is 10.5 Å². The quantitative estimate of drug-likeness (QED) is 0.683. The second-order valence-electron chi connectivity index (χ2n) is 6.24. The molecule has 1 atom stereocenters. The van der Waals surface area contributed by atoms with E-state index in [-0.39, 0.29) is 11.6 Å². The molecule has 0 radical (unpaired) electrons. The molecule has 0 aromatic heterocycles. The van der Waals surface area contributed by atoms with Gasteiger partial charge in [-0.25, -0.2) is 4.39 Å². The highest BCUT2D eigenvalue weighted by Crippen LogP contribution is 2.28. The molecule has 1 fully saturated rings. The number of aryl methyl sites for hydroxylation is 1. The third-order valence-corrected chi connectivity index (χ3v) is 3.82. The predicted molar refractivity (Wildman–Crippen MR) is 78.3 cm³/mol. The molecule has 1 aromatic carbocycles. The lowest BCUT2D eigenvalue weighted by Crippen LogP contribution is -2.46. The van der Waals surface area contributed by atoms with Crippen molar-refractivity contribution >= 4 is 11.6 Å². The third kappa shape index (κ3) is 3.64. The Kier molecular flexibility index (Phi) is 4.65. The van der Waals surface area contributed by atoms with Crippen molar-refractivity contribution in [2.45, 2.75) is 45.3 Å². The van der Waals surface area contributed by atoms with E-state index in [0.29, 0.717) is 19.4 Å². The summed E-state index contributed by atoms with van der Waals surface area (Å²) in [5, 5.41) is 13.4. The summed E-state index contributed by atoms with van der Waals surface area (Å²) in [5.74, 6) is -3.53. The minimum Gasteiger partial charge on any atom is -0.375 e. The Balaban J connectivity index is 2.30. The number of halogens is 2.